The molecule has 1 saturated heterocycles. The van der Waals surface area contributed by atoms with Gasteiger partial charge in [0.2, 0.25) is 11.8 Å². The first kappa shape index (κ1) is 23.6. The SMILES string of the molecule is COc1ccc(NC(=O)COC(=O)c2ccc(N3C(=O)[C@H]4[C@H](C3=O)[C@H]3C=C(C)[C@H]4C3)cc2)c(OC)c1. The first-order valence-electron chi connectivity index (χ1n) is 11.7. The number of allylic oxidation sites excluding steroid dienone is 2. The van der Waals surface area contributed by atoms with Gasteiger partial charge in [-0.05, 0) is 61.6 Å². The van der Waals surface area contributed by atoms with E-state index in [0.29, 0.717) is 22.9 Å². The Morgan fingerprint density at radius 1 is 1.00 bits per heavy atom. The van der Waals surface area contributed by atoms with Gasteiger partial charge in [0.05, 0.1) is 43.0 Å². The number of amides is 3. The van der Waals surface area contributed by atoms with Gasteiger partial charge in [-0.25, -0.2) is 4.79 Å². The summed E-state index contributed by atoms with van der Waals surface area (Å²) >= 11 is 0. The first-order chi connectivity index (χ1) is 17.3. The summed E-state index contributed by atoms with van der Waals surface area (Å²) in [5, 5.41) is 2.63. The van der Waals surface area contributed by atoms with E-state index in [1.165, 1.54) is 36.8 Å². The quantitative estimate of drug-likeness (QED) is 0.360. The van der Waals surface area contributed by atoms with Crippen molar-refractivity contribution in [3.8, 4) is 11.5 Å². The molecule has 0 spiro atoms. The second-order valence-corrected chi connectivity index (χ2v) is 9.22. The third-order valence-corrected chi connectivity index (χ3v) is 7.26. The van der Waals surface area contributed by atoms with Crippen LogP contribution in [0.25, 0.3) is 0 Å². The van der Waals surface area contributed by atoms with Gasteiger partial charge in [-0.2, -0.15) is 0 Å². The topological polar surface area (TPSA) is 111 Å². The average Bonchev–Trinajstić information content (AvgIpc) is 3.52. The molecule has 2 bridgehead atoms. The number of carbonyl (C=O) groups is 4. The highest BCUT2D eigenvalue weighted by atomic mass is 16.5. The smallest absolute Gasteiger partial charge is 0.338 e. The van der Waals surface area contributed by atoms with Gasteiger partial charge < -0.3 is 19.5 Å². The van der Waals surface area contributed by atoms with Crippen LogP contribution in [0.1, 0.15) is 23.7 Å². The number of imide groups is 1. The van der Waals surface area contributed by atoms with Gasteiger partial charge in [0.15, 0.2) is 6.61 Å². The van der Waals surface area contributed by atoms with E-state index < -0.39 is 18.5 Å². The van der Waals surface area contributed by atoms with Crippen molar-refractivity contribution in [3.05, 3.63) is 59.7 Å². The lowest BCUT2D eigenvalue weighted by atomic mass is 9.82. The van der Waals surface area contributed by atoms with Crippen LogP contribution in [0.5, 0.6) is 11.5 Å². The van der Waals surface area contributed by atoms with Crippen molar-refractivity contribution >= 4 is 35.1 Å². The Balaban J connectivity index is 1.20. The third kappa shape index (κ3) is 3.90. The molecule has 2 aromatic rings. The summed E-state index contributed by atoms with van der Waals surface area (Å²) < 4.78 is 15.5. The van der Waals surface area contributed by atoms with Gasteiger partial charge in [-0.3, -0.25) is 19.3 Å². The Labute approximate surface area is 208 Å². The molecule has 0 radical (unpaired) electrons. The van der Waals surface area contributed by atoms with Crippen LogP contribution in [0.15, 0.2) is 54.1 Å². The molecule has 1 heterocycles. The minimum atomic E-state index is -0.702. The fourth-order valence-electron chi connectivity index (χ4n) is 5.58. The zero-order chi connectivity index (χ0) is 25.6. The molecule has 2 aliphatic carbocycles. The molecule has 1 saturated carbocycles. The number of anilines is 2. The van der Waals surface area contributed by atoms with Crippen molar-refractivity contribution in [2.45, 2.75) is 13.3 Å². The molecule has 0 aromatic heterocycles. The predicted octanol–water partition coefficient (Wildman–Crippen LogP) is 3.20. The summed E-state index contributed by atoms with van der Waals surface area (Å²) in [4.78, 5) is 52.1. The molecule has 5 rings (SSSR count). The standard InChI is InChI=1S/C27H26N2O7/c1-14-10-16-11-19(14)24-23(16)25(31)29(26(24)32)17-6-4-15(5-7-17)27(33)36-13-22(30)28-20-9-8-18(34-2)12-21(20)35-3/h4-10,12,16,19,23-24H,11,13H2,1-3H3,(H,28,30)/t16-,19+,23+,24+/m0/s1. The van der Waals surface area contributed by atoms with Crippen LogP contribution in [0.2, 0.25) is 0 Å². The van der Waals surface area contributed by atoms with Crippen molar-refractivity contribution in [1.29, 1.82) is 0 Å². The largest absolute Gasteiger partial charge is 0.497 e. The number of fused-ring (bicyclic) bond motifs is 5. The van der Waals surface area contributed by atoms with E-state index in [2.05, 4.69) is 11.4 Å². The number of esters is 1. The van der Waals surface area contributed by atoms with Crippen molar-refractivity contribution < 1.29 is 33.4 Å². The maximum atomic E-state index is 13.1. The second-order valence-electron chi connectivity index (χ2n) is 9.22. The number of rotatable bonds is 7. The Hall–Kier alpha value is -4.14. The van der Waals surface area contributed by atoms with Gasteiger partial charge in [0.25, 0.3) is 5.91 Å². The van der Waals surface area contributed by atoms with E-state index in [0.717, 1.165) is 6.42 Å². The number of ether oxygens (including phenoxy) is 3. The van der Waals surface area contributed by atoms with E-state index in [4.69, 9.17) is 14.2 Å². The summed E-state index contributed by atoms with van der Waals surface area (Å²) in [6, 6.07) is 11.0. The molecule has 2 fully saturated rings. The highest BCUT2D eigenvalue weighted by Crippen LogP contribution is 2.55. The number of nitrogens with one attached hydrogen (secondary N) is 1. The lowest BCUT2D eigenvalue weighted by Crippen LogP contribution is -2.33. The van der Waals surface area contributed by atoms with E-state index in [-0.39, 0.29) is 41.0 Å². The summed E-state index contributed by atoms with van der Waals surface area (Å²) in [5.74, 6) is -0.946. The van der Waals surface area contributed by atoms with Crippen LogP contribution in [0.4, 0.5) is 11.4 Å². The molecule has 9 nitrogen and oxygen atoms in total. The lowest BCUT2D eigenvalue weighted by Gasteiger charge is -2.19. The third-order valence-electron chi connectivity index (χ3n) is 7.26. The fourth-order valence-corrected chi connectivity index (χ4v) is 5.58. The Morgan fingerprint density at radius 2 is 1.72 bits per heavy atom. The van der Waals surface area contributed by atoms with E-state index in [1.807, 2.05) is 6.92 Å². The van der Waals surface area contributed by atoms with E-state index in [1.54, 1.807) is 30.3 Å². The van der Waals surface area contributed by atoms with Crippen molar-refractivity contribution in [2.24, 2.45) is 23.7 Å². The van der Waals surface area contributed by atoms with Crippen LogP contribution < -0.4 is 19.7 Å². The van der Waals surface area contributed by atoms with Crippen molar-refractivity contribution in [3.63, 3.8) is 0 Å². The summed E-state index contributed by atoms with van der Waals surface area (Å²) in [7, 11) is 2.98. The molecule has 186 valence electrons. The molecule has 4 atom stereocenters. The zero-order valence-corrected chi connectivity index (χ0v) is 20.1. The molecular weight excluding hydrogens is 464 g/mol. The number of methoxy groups -OCH3 is 2. The van der Waals surface area contributed by atoms with Crippen molar-refractivity contribution in [2.75, 3.05) is 31.0 Å². The number of hydrogen-bond donors (Lipinski definition) is 1. The summed E-state index contributed by atoms with van der Waals surface area (Å²) in [6.45, 7) is 1.52. The molecule has 1 N–H and O–H groups in total. The van der Waals surface area contributed by atoms with E-state index in [9.17, 15) is 19.2 Å². The van der Waals surface area contributed by atoms with Gasteiger partial charge in [-0.15, -0.1) is 0 Å². The molecule has 3 aliphatic rings. The maximum Gasteiger partial charge on any atom is 0.338 e. The molecule has 1 aliphatic heterocycles. The van der Waals surface area contributed by atoms with Gasteiger partial charge in [-0.1, -0.05) is 11.6 Å². The monoisotopic (exact) mass is 490 g/mol. The Morgan fingerprint density at radius 3 is 2.42 bits per heavy atom. The van der Waals surface area contributed by atoms with Crippen LogP contribution in [0.3, 0.4) is 0 Å². The van der Waals surface area contributed by atoms with Gasteiger partial charge in [0.1, 0.15) is 11.5 Å². The first-order valence-corrected chi connectivity index (χ1v) is 11.7. The highest BCUT2D eigenvalue weighted by Gasteiger charge is 2.60. The number of hydrogen-bond acceptors (Lipinski definition) is 7. The van der Waals surface area contributed by atoms with E-state index >= 15 is 0 Å². The average molecular weight is 491 g/mol. The van der Waals surface area contributed by atoms with Gasteiger partial charge >= 0.3 is 5.97 Å². The minimum absolute atomic E-state index is 0.125. The summed E-state index contributed by atoms with van der Waals surface area (Å²) in [5.41, 5.74) is 2.23. The highest BCUT2D eigenvalue weighted by molar-refractivity contribution is 6.23. The number of carbonyl (C=O) groups excluding carboxylic acids is 4. The Bertz CT molecular complexity index is 1280. The zero-order valence-electron chi connectivity index (χ0n) is 20.1. The predicted molar refractivity (Wildman–Crippen MR) is 130 cm³/mol. The maximum absolute atomic E-state index is 13.1. The van der Waals surface area contributed by atoms with Gasteiger partial charge in [0, 0.05) is 6.07 Å². The minimum Gasteiger partial charge on any atom is -0.497 e. The number of benzene rings is 2. The number of nitrogens with zero attached hydrogens (tertiary/aromatic N) is 1. The Kier molecular flexibility index (Phi) is 5.99. The second kappa shape index (κ2) is 9.14. The molecule has 36 heavy (non-hydrogen) atoms. The molecule has 0 unspecified atom stereocenters. The fraction of sp³-hybridized carbons (Fsp3) is 0.333. The molecular formula is C27H26N2O7. The van der Waals surface area contributed by atoms with Crippen LogP contribution in [-0.4, -0.2) is 44.5 Å². The van der Waals surface area contributed by atoms with Crippen LogP contribution in [0, 0.1) is 23.7 Å². The normalized spacial score (nSPS) is 23.9. The van der Waals surface area contributed by atoms with Crippen LogP contribution in [-0.2, 0) is 19.1 Å². The van der Waals surface area contributed by atoms with Crippen LogP contribution >= 0.6 is 0 Å². The molecule has 3 amide bonds. The molecule has 9 heteroatoms. The molecule has 2 aromatic carbocycles. The summed E-state index contributed by atoms with van der Waals surface area (Å²) in [6.07, 6.45) is 3.00. The van der Waals surface area contributed by atoms with Crippen molar-refractivity contribution in [1.82, 2.24) is 0 Å². The lowest BCUT2D eigenvalue weighted by molar-refractivity contribution is -0.123.